The van der Waals surface area contributed by atoms with Crippen molar-refractivity contribution < 1.29 is 19.5 Å². The molecule has 0 spiro atoms. The van der Waals surface area contributed by atoms with E-state index in [0.29, 0.717) is 0 Å². The lowest BCUT2D eigenvalue weighted by Gasteiger charge is -2.22. The lowest BCUT2D eigenvalue weighted by atomic mass is 10.0. The summed E-state index contributed by atoms with van der Waals surface area (Å²) in [6.07, 6.45) is 0.446. The lowest BCUT2D eigenvalue weighted by molar-refractivity contribution is -0.142. The Morgan fingerprint density at radius 1 is 1.39 bits per heavy atom. The normalized spacial score (nSPS) is 17.4. The van der Waals surface area contributed by atoms with E-state index in [0.717, 1.165) is 5.01 Å². The Hall–Kier alpha value is -1.92. The van der Waals surface area contributed by atoms with E-state index in [-0.39, 0.29) is 30.4 Å². The molecule has 0 aromatic heterocycles. The molecule has 7 nitrogen and oxygen atoms in total. The van der Waals surface area contributed by atoms with Crippen LogP contribution in [0, 0.1) is 5.92 Å². The first-order valence-corrected chi connectivity index (χ1v) is 5.70. The summed E-state index contributed by atoms with van der Waals surface area (Å²) in [6, 6.07) is -0.955. The number of hydrazone groups is 1. The molecule has 1 heterocycles. The Morgan fingerprint density at radius 3 is 2.44 bits per heavy atom. The second kappa shape index (κ2) is 5.61. The fraction of sp³-hybridized carbons (Fsp3) is 0.636. The van der Waals surface area contributed by atoms with E-state index in [9.17, 15) is 14.4 Å². The molecule has 7 heteroatoms. The first kappa shape index (κ1) is 14.1. The maximum atomic E-state index is 11.8. The SMILES string of the molecule is CC(C)[C@H](NC(=O)C1=NN(C)C(=O)CC1)C(=O)O. The number of carboxylic acid groups (broad SMARTS) is 1. The number of nitrogens with one attached hydrogen (secondary N) is 1. The van der Waals surface area contributed by atoms with Crippen molar-refractivity contribution in [1.29, 1.82) is 0 Å². The molecule has 1 rings (SSSR count). The van der Waals surface area contributed by atoms with Gasteiger partial charge in [0.1, 0.15) is 11.8 Å². The summed E-state index contributed by atoms with van der Waals surface area (Å²) in [5.41, 5.74) is 0.184. The van der Waals surface area contributed by atoms with Crippen molar-refractivity contribution >= 4 is 23.5 Å². The zero-order valence-electron chi connectivity index (χ0n) is 10.6. The van der Waals surface area contributed by atoms with E-state index in [1.165, 1.54) is 7.05 Å². The quantitative estimate of drug-likeness (QED) is 0.727. The second-order valence-corrected chi connectivity index (χ2v) is 4.50. The molecule has 100 valence electrons. The van der Waals surface area contributed by atoms with Gasteiger partial charge in [-0.2, -0.15) is 5.10 Å². The van der Waals surface area contributed by atoms with Crippen LogP contribution in [0.25, 0.3) is 0 Å². The molecule has 1 aliphatic rings. The molecule has 1 atom stereocenters. The predicted molar refractivity (Wildman–Crippen MR) is 63.8 cm³/mol. The monoisotopic (exact) mass is 255 g/mol. The largest absolute Gasteiger partial charge is 0.480 e. The molecule has 0 aliphatic carbocycles. The van der Waals surface area contributed by atoms with Gasteiger partial charge in [0, 0.05) is 19.9 Å². The van der Waals surface area contributed by atoms with Gasteiger partial charge in [-0.25, -0.2) is 9.80 Å². The van der Waals surface area contributed by atoms with Gasteiger partial charge < -0.3 is 10.4 Å². The molecule has 0 bridgehead atoms. The molecule has 2 N–H and O–H groups in total. The van der Waals surface area contributed by atoms with Crippen LogP contribution in [0.15, 0.2) is 5.10 Å². The van der Waals surface area contributed by atoms with Gasteiger partial charge in [-0.05, 0) is 5.92 Å². The standard InChI is InChI=1S/C11H17N3O4/c1-6(2)9(11(17)18)12-10(16)7-4-5-8(15)14(3)13-7/h6,9H,4-5H2,1-3H3,(H,12,16)(H,17,18)/t9-/m0/s1. The number of carbonyl (C=O) groups is 3. The van der Waals surface area contributed by atoms with Crippen LogP contribution in [0.1, 0.15) is 26.7 Å². The molecular formula is C11H17N3O4. The van der Waals surface area contributed by atoms with Crippen molar-refractivity contribution in [3.63, 3.8) is 0 Å². The number of aliphatic carboxylic acids is 1. The molecule has 0 saturated carbocycles. The van der Waals surface area contributed by atoms with Crippen LogP contribution in [-0.4, -0.2) is 46.7 Å². The minimum absolute atomic E-state index is 0.162. The van der Waals surface area contributed by atoms with Gasteiger partial charge in [0.05, 0.1) is 0 Å². The smallest absolute Gasteiger partial charge is 0.326 e. The van der Waals surface area contributed by atoms with E-state index < -0.39 is 17.9 Å². The first-order chi connectivity index (χ1) is 8.32. The van der Waals surface area contributed by atoms with E-state index in [4.69, 9.17) is 5.11 Å². The third kappa shape index (κ3) is 3.28. The maximum absolute atomic E-state index is 11.8. The van der Waals surface area contributed by atoms with Crippen LogP contribution >= 0.6 is 0 Å². The number of amides is 2. The summed E-state index contributed by atoms with van der Waals surface area (Å²) in [7, 11) is 1.46. The van der Waals surface area contributed by atoms with Gasteiger partial charge in [0.2, 0.25) is 5.91 Å². The predicted octanol–water partition coefficient (Wildman–Crippen LogP) is -0.180. The van der Waals surface area contributed by atoms with Crippen LogP contribution < -0.4 is 5.32 Å². The minimum atomic E-state index is -1.08. The highest BCUT2D eigenvalue weighted by molar-refractivity contribution is 6.39. The highest BCUT2D eigenvalue weighted by Gasteiger charge is 2.28. The summed E-state index contributed by atoms with van der Waals surface area (Å²) in [6.45, 7) is 3.41. The minimum Gasteiger partial charge on any atom is -0.480 e. The van der Waals surface area contributed by atoms with Crippen LogP contribution in [0.2, 0.25) is 0 Å². The Balaban J connectivity index is 2.74. The highest BCUT2D eigenvalue weighted by Crippen LogP contribution is 2.08. The Kier molecular flexibility index (Phi) is 4.41. The molecule has 0 unspecified atom stereocenters. The molecule has 1 aliphatic heterocycles. The maximum Gasteiger partial charge on any atom is 0.326 e. The van der Waals surface area contributed by atoms with Crippen molar-refractivity contribution in [2.24, 2.45) is 11.0 Å². The number of hydrogen-bond donors (Lipinski definition) is 2. The number of nitrogens with zero attached hydrogens (tertiary/aromatic N) is 2. The second-order valence-electron chi connectivity index (χ2n) is 4.50. The van der Waals surface area contributed by atoms with E-state index in [2.05, 4.69) is 10.4 Å². The summed E-state index contributed by atoms with van der Waals surface area (Å²) >= 11 is 0. The topological polar surface area (TPSA) is 99.1 Å². The van der Waals surface area contributed by atoms with Gasteiger partial charge in [-0.3, -0.25) is 9.59 Å². The van der Waals surface area contributed by atoms with Gasteiger partial charge >= 0.3 is 5.97 Å². The van der Waals surface area contributed by atoms with Crippen LogP contribution in [0.3, 0.4) is 0 Å². The fourth-order valence-electron chi connectivity index (χ4n) is 1.57. The zero-order chi connectivity index (χ0) is 13.9. The van der Waals surface area contributed by atoms with Crippen LogP contribution in [0.5, 0.6) is 0 Å². The van der Waals surface area contributed by atoms with Crippen LogP contribution in [-0.2, 0) is 14.4 Å². The van der Waals surface area contributed by atoms with E-state index >= 15 is 0 Å². The average molecular weight is 255 g/mol. The molecule has 0 aromatic carbocycles. The number of carboxylic acids is 1. The first-order valence-electron chi connectivity index (χ1n) is 5.70. The van der Waals surface area contributed by atoms with Gasteiger partial charge in [-0.15, -0.1) is 0 Å². The van der Waals surface area contributed by atoms with Gasteiger partial charge in [0.15, 0.2) is 0 Å². The van der Waals surface area contributed by atoms with Crippen molar-refractivity contribution in [1.82, 2.24) is 10.3 Å². The lowest BCUT2D eigenvalue weighted by Crippen LogP contribution is -2.48. The van der Waals surface area contributed by atoms with E-state index in [1.807, 2.05) is 0 Å². The third-order valence-electron chi connectivity index (χ3n) is 2.69. The van der Waals surface area contributed by atoms with Crippen molar-refractivity contribution in [3.05, 3.63) is 0 Å². The van der Waals surface area contributed by atoms with Gasteiger partial charge in [-0.1, -0.05) is 13.8 Å². The average Bonchev–Trinajstić information content (AvgIpc) is 2.28. The van der Waals surface area contributed by atoms with Crippen molar-refractivity contribution in [2.75, 3.05) is 7.05 Å². The molecule has 18 heavy (non-hydrogen) atoms. The summed E-state index contributed by atoms with van der Waals surface area (Å²) < 4.78 is 0. The zero-order valence-corrected chi connectivity index (χ0v) is 10.6. The number of rotatable bonds is 4. The highest BCUT2D eigenvalue weighted by atomic mass is 16.4. The van der Waals surface area contributed by atoms with E-state index in [1.54, 1.807) is 13.8 Å². The molecule has 0 aromatic rings. The summed E-state index contributed by atoms with van der Waals surface area (Å²) in [5, 5.41) is 16.3. The fourth-order valence-corrected chi connectivity index (χ4v) is 1.57. The van der Waals surface area contributed by atoms with Gasteiger partial charge in [0.25, 0.3) is 5.91 Å². The molecule has 0 saturated heterocycles. The molecule has 0 radical (unpaired) electrons. The summed E-state index contributed by atoms with van der Waals surface area (Å²) in [4.78, 5) is 34.0. The number of carbonyl (C=O) groups excluding carboxylic acids is 2. The van der Waals surface area contributed by atoms with Crippen LogP contribution in [0.4, 0.5) is 0 Å². The molecular weight excluding hydrogens is 238 g/mol. The molecule has 2 amide bonds. The number of hydrogen-bond acceptors (Lipinski definition) is 4. The third-order valence-corrected chi connectivity index (χ3v) is 2.69. The Labute approximate surface area is 105 Å². The Bertz CT molecular complexity index is 403. The van der Waals surface area contributed by atoms with Crippen molar-refractivity contribution in [3.8, 4) is 0 Å². The van der Waals surface area contributed by atoms with Crippen molar-refractivity contribution in [2.45, 2.75) is 32.7 Å². The Morgan fingerprint density at radius 2 is 2.00 bits per heavy atom. The summed E-state index contributed by atoms with van der Waals surface area (Å²) in [5.74, 6) is -2.00. The molecule has 0 fully saturated rings.